The number of anilines is 2. The lowest BCUT2D eigenvalue weighted by Gasteiger charge is -2.16. The van der Waals surface area contributed by atoms with Gasteiger partial charge in [0.05, 0.1) is 17.8 Å². The molecule has 14 heavy (non-hydrogen) atoms. The van der Waals surface area contributed by atoms with Gasteiger partial charge < -0.3 is 10.6 Å². The second kappa shape index (κ2) is 4.15. The number of nitrogens with two attached hydrogens (primary N) is 1. The number of hydrogen-bond donors (Lipinski definition) is 1. The number of aromatic nitrogens is 1. The molecule has 0 unspecified atom stereocenters. The van der Waals surface area contributed by atoms with Crippen LogP contribution in [0.4, 0.5) is 11.5 Å². The monoisotopic (exact) mass is 186 g/mol. The summed E-state index contributed by atoms with van der Waals surface area (Å²) in [5, 5.41) is 8.74. The number of pyridine rings is 1. The fourth-order valence-electron chi connectivity index (χ4n) is 1.08. The second-order valence-corrected chi connectivity index (χ2v) is 2.77. The van der Waals surface area contributed by atoms with Gasteiger partial charge in [-0.25, -0.2) is 4.98 Å². The van der Waals surface area contributed by atoms with Crippen LogP contribution in [0, 0.1) is 23.7 Å². The first-order chi connectivity index (χ1) is 6.70. The minimum atomic E-state index is 0.368. The summed E-state index contributed by atoms with van der Waals surface area (Å²) in [4.78, 5) is 5.78. The number of hydrogen-bond acceptors (Lipinski definition) is 4. The lowest BCUT2D eigenvalue weighted by molar-refractivity contribution is 1.01. The van der Waals surface area contributed by atoms with Crippen LogP contribution in [0.2, 0.25) is 0 Å². The van der Waals surface area contributed by atoms with Crippen LogP contribution in [-0.2, 0) is 0 Å². The van der Waals surface area contributed by atoms with Gasteiger partial charge in [0, 0.05) is 13.2 Å². The van der Waals surface area contributed by atoms with E-state index in [-0.39, 0.29) is 0 Å². The first-order valence-corrected chi connectivity index (χ1v) is 4.00. The van der Waals surface area contributed by atoms with Gasteiger partial charge in [-0.1, -0.05) is 5.92 Å². The van der Waals surface area contributed by atoms with Gasteiger partial charge in [-0.2, -0.15) is 5.26 Å². The Morgan fingerprint density at radius 3 is 3.00 bits per heavy atom. The molecule has 0 aliphatic carbocycles. The van der Waals surface area contributed by atoms with Gasteiger partial charge in [0.1, 0.15) is 6.07 Å². The molecular weight excluding hydrogens is 176 g/mol. The Balaban J connectivity index is 3.12. The van der Waals surface area contributed by atoms with Crippen molar-refractivity contribution in [1.82, 2.24) is 4.98 Å². The summed E-state index contributed by atoms with van der Waals surface area (Å²) < 4.78 is 0. The highest BCUT2D eigenvalue weighted by Crippen LogP contribution is 2.21. The third-order valence-corrected chi connectivity index (χ3v) is 1.78. The molecule has 4 nitrogen and oxygen atoms in total. The maximum atomic E-state index is 8.74. The quantitative estimate of drug-likeness (QED) is 0.687. The van der Waals surface area contributed by atoms with Crippen LogP contribution in [0.15, 0.2) is 12.3 Å². The molecule has 70 valence electrons. The maximum absolute atomic E-state index is 8.74. The van der Waals surface area contributed by atoms with E-state index in [1.54, 1.807) is 18.0 Å². The molecule has 0 saturated carbocycles. The SMILES string of the molecule is C#CCN(C)c1nccc(C#N)c1N. The number of nitrogens with zero attached hydrogens (tertiary/aromatic N) is 3. The largest absolute Gasteiger partial charge is 0.395 e. The van der Waals surface area contributed by atoms with Crippen LogP contribution in [0.3, 0.4) is 0 Å². The van der Waals surface area contributed by atoms with E-state index >= 15 is 0 Å². The molecule has 1 rings (SSSR count). The third kappa shape index (κ3) is 1.75. The van der Waals surface area contributed by atoms with Crippen LogP contribution < -0.4 is 10.6 Å². The Bertz CT molecular complexity index is 411. The van der Waals surface area contributed by atoms with Crippen LogP contribution in [0.25, 0.3) is 0 Å². The van der Waals surface area contributed by atoms with E-state index in [2.05, 4.69) is 10.9 Å². The summed E-state index contributed by atoms with van der Waals surface area (Å²) in [5.74, 6) is 3.02. The Kier molecular flexibility index (Phi) is 2.93. The molecule has 0 bridgehead atoms. The van der Waals surface area contributed by atoms with Crippen molar-refractivity contribution >= 4 is 11.5 Å². The van der Waals surface area contributed by atoms with E-state index < -0.39 is 0 Å². The molecule has 0 radical (unpaired) electrons. The number of nitriles is 1. The summed E-state index contributed by atoms with van der Waals surface area (Å²) in [6, 6.07) is 3.56. The van der Waals surface area contributed by atoms with Gasteiger partial charge in [0.2, 0.25) is 0 Å². The minimum Gasteiger partial charge on any atom is -0.395 e. The first kappa shape index (κ1) is 9.88. The van der Waals surface area contributed by atoms with E-state index in [1.807, 2.05) is 6.07 Å². The summed E-state index contributed by atoms with van der Waals surface area (Å²) in [6.45, 7) is 0.409. The van der Waals surface area contributed by atoms with E-state index in [4.69, 9.17) is 17.4 Å². The number of rotatable bonds is 2. The normalized spacial score (nSPS) is 8.79. The van der Waals surface area contributed by atoms with Crippen LogP contribution in [0.1, 0.15) is 5.56 Å². The molecule has 0 saturated heterocycles. The van der Waals surface area contributed by atoms with Gasteiger partial charge in [0.25, 0.3) is 0 Å². The van der Waals surface area contributed by atoms with Crippen molar-refractivity contribution in [2.75, 3.05) is 24.2 Å². The third-order valence-electron chi connectivity index (χ3n) is 1.78. The van der Waals surface area contributed by atoms with Gasteiger partial charge in [-0.05, 0) is 6.07 Å². The van der Waals surface area contributed by atoms with Gasteiger partial charge in [-0.15, -0.1) is 6.42 Å². The molecule has 0 aliphatic rings. The molecule has 1 heterocycles. The van der Waals surface area contributed by atoms with Gasteiger partial charge in [0.15, 0.2) is 5.82 Å². The molecule has 0 atom stereocenters. The molecule has 1 aromatic rings. The highest BCUT2D eigenvalue weighted by Gasteiger charge is 2.08. The van der Waals surface area contributed by atoms with E-state index in [1.165, 1.54) is 6.20 Å². The Hall–Kier alpha value is -2.20. The standard InChI is InChI=1S/C10H10N4/c1-3-6-14(2)10-9(12)8(7-11)4-5-13-10/h1,4-5H,6,12H2,2H3. The summed E-state index contributed by atoms with van der Waals surface area (Å²) >= 11 is 0. The Morgan fingerprint density at radius 2 is 2.43 bits per heavy atom. The first-order valence-electron chi connectivity index (χ1n) is 4.00. The number of nitrogen functional groups attached to an aromatic ring is 1. The molecule has 0 aromatic carbocycles. The van der Waals surface area contributed by atoms with Crippen LogP contribution in [-0.4, -0.2) is 18.6 Å². The predicted octanol–water partition coefficient (Wildman–Crippen LogP) is 0.605. The average Bonchev–Trinajstić information content (AvgIpc) is 2.18. The van der Waals surface area contributed by atoms with Crippen LogP contribution >= 0.6 is 0 Å². The topological polar surface area (TPSA) is 65.9 Å². The van der Waals surface area contributed by atoms with Crippen molar-refractivity contribution in [1.29, 1.82) is 5.26 Å². The van der Waals surface area contributed by atoms with Gasteiger partial charge >= 0.3 is 0 Å². The summed E-state index contributed by atoms with van der Waals surface area (Å²) in [7, 11) is 1.78. The highest BCUT2D eigenvalue weighted by atomic mass is 15.2. The second-order valence-electron chi connectivity index (χ2n) is 2.77. The zero-order chi connectivity index (χ0) is 10.6. The van der Waals surface area contributed by atoms with Crippen LogP contribution in [0.5, 0.6) is 0 Å². The number of terminal acetylenes is 1. The fraction of sp³-hybridized carbons (Fsp3) is 0.200. The average molecular weight is 186 g/mol. The van der Waals surface area contributed by atoms with Gasteiger partial charge in [-0.3, -0.25) is 0 Å². The molecule has 0 spiro atoms. The Labute approximate surface area is 83.0 Å². The molecule has 0 amide bonds. The van der Waals surface area contributed by atoms with Crippen molar-refractivity contribution < 1.29 is 0 Å². The van der Waals surface area contributed by atoms with Crippen molar-refractivity contribution in [3.63, 3.8) is 0 Å². The fourth-order valence-corrected chi connectivity index (χ4v) is 1.08. The highest BCUT2D eigenvalue weighted by molar-refractivity contribution is 5.69. The van der Waals surface area contributed by atoms with Crippen molar-refractivity contribution in [3.8, 4) is 18.4 Å². The molecule has 4 heteroatoms. The van der Waals surface area contributed by atoms with Crippen molar-refractivity contribution in [2.24, 2.45) is 0 Å². The molecule has 0 fully saturated rings. The molecule has 1 aromatic heterocycles. The van der Waals surface area contributed by atoms with Crippen molar-refractivity contribution in [3.05, 3.63) is 17.8 Å². The molecule has 2 N–H and O–H groups in total. The lowest BCUT2D eigenvalue weighted by atomic mass is 10.2. The summed E-state index contributed by atoms with van der Waals surface area (Å²) in [6.07, 6.45) is 6.70. The van der Waals surface area contributed by atoms with E-state index in [0.717, 1.165) is 0 Å². The molecule has 0 aliphatic heterocycles. The molecular formula is C10H10N4. The predicted molar refractivity (Wildman–Crippen MR) is 55.5 cm³/mol. The zero-order valence-electron chi connectivity index (χ0n) is 7.86. The zero-order valence-corrected chi connectivity index (χ0v) is 7.86. The van der Waals surface area contributed by atoms with E-state index in [9.17, 15) is 0 Å². The summed E-state index contributed by atoms with van der Waals surface area (Å²) in [5.41, 5.74) is 6.51. The van der Waals surface area contributed by atoms with Crippen molar-refractivity contribution in [2.45, 2.75) is 0 Å². The minimum absolute atomic E-state index is 0.368. The smallest absolute Gasteiger partial charge is 0.153 e. The van der Waals surface area contributed by atoms with E-state index in [0.29, 0.717) is 23.6 Å². The lowest BCUT2D eigenvalue weighted by Crippen LogP contribution is -2.20. The Morgan fingerprint density at radius 1 is 1.71 bits per heavy atom. The maximum Gasteiger partial charge on any atom is 0.153 e.